The Labute approximate surface area is 207 Å². The summed E-state index contributed by atoms with van der Waals surface area (Å²) in [5.41, 5.74) is 5.22. The molecule has 2 atom stereocenters. The Balaban J connectivity index is 1.57. The first kappa shape index (κ1) is 21.4. The van der Waals surface area contributed by atoms with Gasteiger partial charge in [-0.25, -0.2) is 4.98 Å². The van der Waals surface area contributed by atoms with E-state index in [2.05, 4.69) is 11.0 Å². The Morgan fingerprint density at radius 1 is 1.03 bits per heavy atom. The number of aryl methyl sites for hydroxylation is 1. The Hall–Kier alpha value is -3.09. The maximum absolute atomic E-state index is 12.0. The number of hydrogen-bond acceptors (Lipinski definition) is 4. The summed E-state index contributed by atoms with van der Waals surface area (Å²) in [6, 6.07) is 18.1. The van der Waals surface area contributed by atoms with Crippen molar-refractivity contribution >= 4 is 40.6 Å². The second-order valence-corrected chi connectivity index (χ2v) is 9.91. The van der Waals surface area contributed by atoms with E-state index in [1.807, 2.05) is 64.9 Å². The van der Waals surface area contributed by atoms with Gasteiger partial charge in [-0.2, -0.15) is 9.61 Å². The van der Waals surface area contributed by atoms with E-state index in [0.29, 0.717) is 10.0 Å². The number of nitrogens with zero attached hydrogens (tertiary/aromatic N) is 5. The van der Waals surface area contributed by atoms with Gasteiger partial charge in [0, 0.05) is 42.4 Å². The van der Waals surface area contributed by atoms with Crippen LogP contribution in [0.3, 0.4) is 0 Å². The zero-order valence-corrected chi connectivity index (χ0v) is 20.4. The lowest BCUT2D eigenvalue weighted by Crippen LogP contribution is -2.48. The second-order valence-electron chi connectivity index (χ2n) is 9.07. The molecule has 8 heteroatoms. The molecule has 2 aromatic carbocycles. The molecule has 6 nitrogen and oxygen atoms in total. The molecule has 0 saturated carbocycles. The van der Waals surface area contributed by atoms with Gasteiger partial charge in [0.2, 0.25) is 5.91 Å². The zero-order chi connectivity index (χ0) is 23.6. The van der Waals surface area contributed by atoms with Gasteiger partial charge in [-0.3, -0.25) is 4.79 Å². The van der Waals surface area contributed by atoms with Crippen LogP contribution in [0.1, 0.15) is 19.0 Å². The lowest BCUT2D eigenvalue weighted by Gasteiger charge is -2.35. The SMILES string of the molecule is CC(=O)N1C[C@@H]2C[C@H]1CN2c1cc(C)nc2c(-c3ccc(Cl)cc3)c(-c3ccccc3Cl)nn12. The highest BCUT2D eigenvalue weighted by Gasteiger charge is 2.45. The van der Waals surface area contributed by atoms with Crippen molar-refractivity contribution in [2.75, 3.05) is 18.0 Å². The quantitative estimate of drug-likeness (QED) is 0.380. The fourth-order valence-corrected chi connectivity index (χ4v) is 5.73. The van der Waals surface area contributed by atoms with Crippen molar-refractivity contribution in [3.8, 4) is 22.4 Å². The van der Waals surface area contributed by atoms with Crippen molar-refractivity contribution < 1.29 is 4.79 Å². The monoisotopic (exact) mass is 491 g/mol. The van der Waals surface area contributed by atoms with Gasteiger partial charge in [0.15, 0.2) is 5.65 Å². The fraction of sp³-hybridized carbons (Fsp3) is 0.269. The molecule has 172 valence electrons. The number of aromatic nitrogens is 3. The average Bonchev–Trinajstić information content (AvgIpc) is 3.52. The van der Waals surface area contributed by atoms with Crippen LogP contribution in [0.5, 0.6) is 0 Å². The van der Waals surface area contributed by atoms with Gasteiger partial charge in [0.05, 0.1) is 22.7 Å². The van der Waals surface area contributed by atoms with E-state index in [4.69, 9.17) is 33.3 Å². The van der Waals surface area contributed by atoms with Crippen molar-refractivity contribution in [3.05, 3.63) is 70.3 Å². The summed E-state index contributed by atoms with van der Waals surface area (Å²) in [5, 5.41) is 6.39. The molecule has 0 N–H and O–H groups in total. The number of hydrogen-bond donors (Lipinski definition) is 0. The number of carbonyl (C=O) groups is 1. The molecule has 34 heavy (non-hydrogen) atoms. The maximum atomic E-state index is 12.0. The van der Waals surface area contributed by atoms with Crippen LogP contribution in [0.4, 0.5) is 5.82 Å². The van der Waals surface area contributed by atoms with Gasteiger partial charge < -0.3 is 9.80 Å². The number of amides is 1. The summed E-state index contributed by atoms with van der Waals surface area (Å²) in [6.45, 7) is 5.20. The van der Waals surface area contributed by atoms with E-state index in [0.717, 1.165) is 59.1 Å². The zero-order valence-electron chi connectivity index (χ0n) is 18.9. The number of benzene rings is 2. The van der Waals surface area contributed by atoms with Crippen LogP contribution in [0.2, 0.25) is 10.0 Å². The van der Waals surface area contributed by atoms with Gasteiger partial charge in [0.1, 0.15) is 11.5 Å². The molecule has 0 aliphatic carbocycles. The van der Waals surface area contributed by atoms with Crippen molar-refractivity contribution in [2.24, 2.45) is 0 Å². The minimum Gasteiger partial charge on any atom is -0.350 e. The van der Waals surface area contributed by atoms with E-state index >= 15 is 0 Å². The summed E-state index contributed by atoms with van der Waals surface area (Å²) in [4.78, 5) is 21.3. The van der Waals surface area contributed by atoms with Crippen LogP contribution >= 0.6 is 23.2 Å². The Morgan fingerprint density at radius 3 is 2.47 bits per heavy atom. The van der Waals surface area contributed by atoms with E-state index in [-0.39, 0.29) is 18.0 Å². The van der Waals surface area contributed by atoms with Crippen LogP contribution in [-0.2, 0) is 4.79 Å². The van der Waals surface area contributed by atoms with E-state index < -0.39 is 0 Å². The van der Waals surface area contributed by atoms with E-state index in [9.17, 15) is 4.79 Å². The molecule has 4 heterocycles. The highest BCUT2D eigenvalue weighted by molar-refractivity contribution is 6.33. The normalized spacial score (nSPS) is 19.4. The van der Waals surface area contributed by atoms with Crippen LogP contribution in [0.15, 0.2) is 54.6 Å². The summed E-state index contributed by atoms with van der Waals surface area (Å²) in [6.07, 6.45) is 0.977. The maximum Gasteiger partial charge on any atom is 0.219 e. The molecule has 2 fully saturated rings. The average molecular weight is 492 g/mol. The van der Waals surface area contributed by atoms with Gasteiger partial charge in [-0.1, -0.05) is 53.5 Å². The minimum absolute atomic E-state index is 0.147. The fourth-order valence-electron chi connectivity index (χ4n) is 5.38. The molecule has 0 radical (unpaired) electrons. The van der Waals surface area contributed by atoms with Crippen LogP contribution in [-0.4, -0.2) is 50.6 Å². The molecule has 1 amide bonds. The Kier molecular flexibility index (Phi) is 5.04. The first-order valence-electron chi connectivity index (χ1n) is 11.4. The summed E-state index contributed by atoms with van der Waals surface area (Å²) < 4.78 is 1.94. The molecule has 0 spiro atoms. The molecular weight excluding hydrogens is 469 g/mol. The number of rotatable bonds is 3. The van der Waals surface area contributed by atoms with E-state index in [1.165, 1.54) is 0 Å². The summed E-state index contributed by atoms with van der Waals surface area (Å²) in [5.74, 6) is 1.14. The Bertz CT molecular complexity index is 1430. The predicted octanol–water partition coefficient (Wildman–Crippen LogP) is 5.49. The van der Waals surface area contributed by atoms with Crippen LogP contribution in [0, 0.1) is 6.92 Å². The molecule has 2 aliphatic heterocycles. The van der Waals surface area contributed by atoms with Crippen molar-refractivity contribution in [3.63, 3.8) is 0 Å². The van der Waals surface area contributed by atoms with E-state index in [1.54, 1.807) is 6.92 Å². The van der Waals surface area contributed by atoms with Gasteiger partial charge in [-0.15, -0.1) is 0 Å². The molecule has 2 aromatic heterocycles. The summed E-state index contributed by atoms with van der Waals surface area (Å²) in [7, 11) is 0. The number of anilines is 1. The lowest BCUT2D eigenvalue weighted by atomic mass is 10.0. The third-order valence-corrected chi connectivity index (χ3v) is 7.48. The number of likely N-dealkylation sites (tertiary alicyclic amines) is 1. The first-order chi connectivity index (χ1) is 16.4. The second kappa shape index (κ2) is 8.00. The molecule has 4 aromatic rings. The van der Waals surface area contributed by atoms with Crippen LogP contribution < -0.4 is 4.90 Å². The number of piperazine rings is 1. The molecular formula is C26H23Cl2N5O. The lowest BCUT2D eigenvalue weighted by molar-refractivity contribution is -0.129. The molecule has 6 rings (SSSR count). The standard InChI is InChI=1S/C26H23Cl2N5O/c1-15-11-23(32-14-19-12-20(32)13-31(19)16(2)34)33-26(29-15)24(17-7-9-18(27)10-8-17)25(30-33)21-5-3-4-6-22(21)28/h3-11,19-20H,12-14H2,1-2H3/t19-,20-/m0/s1. The van der Waals surface area contributed by atoms with Crippen LogP contribution in [0.25, 0.3) is 28.0 Å². The highest BCUT2D eigenvalue weighted by atomic mass is 35.5. The third-order valence-electron chi connectivity index (χ3n) is 6.90. The number of halogens is 2. The van der Waals surface area contributed by atoms with Gasteiger partial charge in [-0.05, 0) is 37.1 Å². The van der Waals surface area contributed by atoms with Gasteiger partial charge in [0.25, 0.3) is 0 Å². The third kappa shape index (κ3) is 3.36. The largest absolute Gasteiger partial charge is 0.350 e. The van der Waals surface area contributed by atoms with Crippen molar-refractivity contribution in [1.29, 1.82) is 0 Å². The predicted molar refractivity (Wildman–Crippen MR) is 136 cm³/mol. The highest BCUT2D eigenvalue weighted by Crippen LogP contribution is 2.41. The van der Waals surface area contributed by atoms with Crippen molar-refractivity contribution in [1.82, 2.24) is 19.5 Å². The topological polar surface area (TPSA) is 53.7 Å². The van der Waals surface area contributed by atoms with Crippen molar-refractivity contribution in [2.45, 2.75) is 32.4 Å². The molecule has 2 aliphatic rings. The van der Waals surface area contributed by atoms with Gasteiger partial charge >= 0.3 is 0 Å². The number of carbonyl (C=O) groups excluding carboxylic acids is 1. The first-order valence-corrected chi connectivity index (χ1v) is 12.1. The molecule has 0 unspecified atom stereocenters. The molecule has 2 saturated heterocycles. The Morgan fingerprint density at radius 2 is 1.79 bits per heavy atom. The molecule has 2 bridgehead atoms. The smallest absolute Gasteiger partial charge is 0.219 e. The minimum atomic E-state index is 0.147. The number of fused-ring (bicyclic) bond motifs is 3. The summed E-state index contributed by atoms with van der Waals surface area (Å²) >= 11 is 12.8.